The van der Waals surface area contributed by atoms with Gasteiger partial charge in [-0.15, -0.1) is 0 Å². The molecule has 16 heavy (non-hydrogen) atoms. The molecular weight excluding hydrogens is 218 g/mol. The van der Waals surface area contributed by atoms with Gasteiger partial charge in [0.1, 0.15) is 6.26 Å². The van der Waals surface area contributed by atoms with Crippen molar-refractivity contribution in [3.05, 3.63) is 34.9 Å². The molecule has 2 rings (SSSR count). The van der Waals surface area contributed by atoms with Gasteiger partial charge < -0.3 is 4.42 Å². The highest BCUT2D eigenvalue weighted by molar-refractivity contribution is 7.71. The highest BCUT2D eigenvalue weighted by Crippen LogP contribution is 2.15. The number of nitrogens with zero attached hydrogens (tertiary/aromatic N) is 1. The largest absolute Gasteiger partial charge is 0.438 e. The fourth-order valence-electron chi connectivity index (χ4n) is 1.77. The van der Waals surface area contributed by atoms with E-state index in [0.29, 0.717) is 4.84 Å². The molecule has 1 aromatic carbocycles. The quantitative estimate of drug-likeness (QED) is 0.582. The minimum absolute atomic E-state index is 0.297. The van der Waals surface area contributed by atoms with Gasteiger partial charge in [0.05, 0.1) is 5.52 Å². The number of aromatic nitrogens is 1. The molecule has 2 nitrogen and oxygen atoms in total. The van der Waals surface area contributed by atoms with Gasteiger partial charge in [0.25, 0.3) is 4.84 Å². The molecule has 0 N–H and O–H groups in total. The van der Waals surface area contributed by atoms with Crippen LogP contribution in [0.25, 0.3) is 10.9 Å². The van der Waals surface area contributed by atoms with Crippen molar-refractivity contribution in [1.29, 1.82) is 0 Å². The lowest BCUT2D eigenvalue weighted by Gasteiger charge is -2.02. The van der Waals surface area contributed by atoms with Crippen LogP contribution < -0.4 is 0 Å². The van der Waals surface area contributed by atoms with Gasteiger partial charge in [-0.3, -0.25) is 0 Å². The molecule has 0 spiro atoms. The summed E-state index contributed by atoms with van der Waals surface area (Å²) in [6.07, 6.45) is 6.59. The summed E-state index contributed by atoms with van der Waals surface area (Å²) in [4.78, 5) is 4.46. The van der Waals surface area contributed by atoms with Gasteiger partial charge in [0.15, 0.2) is 0 Å². The molecule has 2 aromatic rings. The first-order valence-electron chi connectivity index (χ1n) is 5.68. The van der Waals surface area contributed by atoms with Crippen LogP contribution in [0.3, 0.4) is 0 Å². The molecular formula is C13H15NOS. The lowest BCUT2D eigenvalue weighted by atomic mass is 10.1. The van der Waals surface area contributed by atoms with Crippen molar-refractivity contribution >= 4 is 23.1 Å². The van der Waals surface area contributed by atoms with Crippen LogP contribution in [0.5, 0.6) is 0 Å². The Kier molecular flexibility index (Phi) is 3.67. The monoisotopic (exact) mass is 233 g/mol. The van der Waals surface area contributed by atoms with Crippen LogP contribution in [0.2, 0.25) is 0 Å². The van der Waals surface area contributed by atoms with Crippen LogP contribution >= 0.6 is 12.2 Å². The molecule has 0 fully saturated rings. The summed E-state index contributed by atoms with van der Waals surface area (Å²) in [5, 5.41) is 1.03. The van der Waals surface area contributed by atoms with E-state index in [9.17, 15) is 0 Å². The van der Waals surface area contributed by atoms with E-state index < -0.39 is 0 Å². The Morgan fingerprint density at radius 1 is 1.31 bits per heavy atom. The molecule has 84 valence electrons. The van der Waals surface area contributed by atoms with Crippen LogP contribution in [0, 0.1) is 4.84 Å². The van der Waals surface area contributed by atoms with E-state index in [2.05, 4.69) is 24.0 Å². The van der Waals surface area contributed by atoms with Crippen LogP contribution in [0.1, 0.15) is 31.7 Å². The lowest BCUT2D eigenvalue weighted by Crippen LogP contribution is -1.87. The summed E-state index contributed by atoms with van der Waals surface area (Å²) in [5.41, 5.74) is 2.26. The van der Waals surface area contributed by atoms with Crippen LogP contribution in [-0.2, 0) is 6.42 Å². The van der Waals surface area contributed by atoms with Crippen molar-refractivity contribution in [2.75, 3.05) is 0 Å². The molecule has 0 aliphatic heterocycles. The van der Waals surface area contributed by atoms with Gasteiger partial charge >= 0.3 is 0 Å². The number of hydrogen-bond acceptors (Lipinski definition) is 3. The van der Waals surface area contributed by atoms with Crippen LogP contribution in [0.15, 0.2) is 28.9 Å². The summed E-state index contributed by atoms with van der Waals surface area (Å²) < 4.78 is 5.12. The number of rotatable bonds is 4. The molecule has 1 aromatic heterocycles. The fraction of sp³-hybridized carbons (Fsp3) is 0.385. The maximum atomic E-state index is 5.12. The molecule has 0 unspecified atom stereocenters. The Hall–Kier alpha value is -1.22. The SMILES string of the molecule is CCCCCc1ccc2nc(=S)occ2c1. The van der Waals surface area contributed by atoms with E-state index in [1.807, 2.05) is 6.07 Å². The number of fused-ring (bicyclic) bond motifs is 1. The summed E-state index contributed by atoms with van der Waals surface area (Å²) in [6.45, 7) is 2.22. The molecule has 0 radical (unpaired) electrons. The van der Waals surface area contributed by atoms with Crippen molar-refractivity contribution in [1.82, 2.24) is 4.98 Å². The Bertz CT molecular complexity index is 533. The third-order valence-electron chi connectivity index (χ3n) is 2.66. The van der Waals surface area contributed by atoms with Crippen molar-refractivity contribution in [2.24, 2.45) is 0 Å². The van der Waals surface area contributed by atoms with Gasteiger partial charge in [-0.25, -0.2) is 4.98 Å². The second-order valence-corrected chi connectivity index (χ2v) is 4.31. The van der Waals surface area contributed by atoms with Crippen molar-refractivity contribution < 1.29 is 4.42 Å². The average molecular weight is 233 g/mol. The number of hydrogen-bond donors (Lipinski definition) is 0. The first kappa shape index (κ1) is 11.3. The highest BCUT2D eigenvalue weighted by atomic mass is 32.1. The van der Waals surface area contributed by atoms with E-state index in [1.165, 1.54) is 24.8 Å². The van der Waals surface area contributed by atoms with Gasteiger partial charge in [-0.1, -0.05) is 25.8 Å². The summed E-state index contributed by atoms with van der Waals surface area (Å²) >= 11 is 4.88. The standard InChI is InChI=1S/C13H15NOS/c1-2-3-4-5-10-6-7-12-11(8-10)9-15-13(16)14-12/h6-9H,2-5H2,1H3. The third-order valence-corrected chi connectivity index (χ3v) is 2.85. The molecule has 0 atom stereocenters. The molecule has 0 aliphatic carbocycles. The molecule has 0 bridgehead atoms. The zero-order valence-electron chi connectivity index (χ0n) is 9.40. The average Bonchev–Trinajstić information content (AvgIpc) is 2.29. The Balaban J connectivity index is 2.23. The van der Waals surface area contributed by atoms with Gasteiger partial charge in [-0.05, 0) is 42.8 Å². The molecule has 0 saturated carbocycles. The van der Waals surface area contributed by atoms with Crippen molar-refractivity contribution in [3.8, 4) is 0 Å². The maximum Gasteiger partial charge on any atom is 0.288 e. The predicted octanol–water partition coefficient (Wildman–Crippen LogP) is 4.29. The first-order valence-corrected chi connectivity index (χ1v) is 6.09. The van der Waals surface area contributed by atoms with Crippen LogP contribution in [-0.4, -0.2) is 4.98 Å². The third kappa shape index (κ3) is 2.67. The van der Waals surface area contributed by atoms with Gasteiger partial charge in [-0.2, -0.15) is 0 Å². The van der Waals surface area contributed by atoms with E-state index in [0.717, 1.165) is 17.3 Å². The minimum atomic E-state index is 0.297. The molecule has 0 aliphatic rings. The number of aryl methyl sites for hydroxylation is 1. The molecule has 1 heterocycles. The maximum absolute atomic E-state index is 5.12. The summed E-state index contributed by atoms with van der Waals surface area (Å²) in [7, 11) is 0. The summed E-state index contributed by atoms with van der Waals surface area (Å²) in [5.74, 6) is 0. The topological polar surface area (TPSA) is 26.0 Å². The van der Waals surface area contributed by atoms with E-state index in [1.54, 1.807) is 6.26 Å². The molecule has 3 heteroatoms. The van der Waals surface area contributed by atoms with E-state index in [4.69, 9.17) is 16.6 Å². The van der Waals surface area contributed by atoms with Crippen LogP contribution in [0.4, 0.5) is 0 Å². The Labute approximate surface area is 100 Å². The zero-order chi connectivity index (χ0) is 11.4. The highest BCUT2D eigenvalue weighted by Gasteiger charge is 1.98. The van der Waals surface area contributed by atoms with E-state index >= 15 is 0 Å². The molecule has 0 amide bonds. The first-order chi connectivity index (χ1) is 7.79. The predicted molar refractivity (Wildman–Crippen MR) is 68.1 cm³/mol. The Morgan fingerprint density at radius 2 is 2.19 bits per heavy atom. The molecule has 0 saturated heterocycles. The lowest BCUT2D eigenvalue weighted by molar-refractivity contribution is 0.519. The second kappa shape index (κ2) is 5.21. The van der Waals surface area contributed by atoms with Crippen molar-refractivity contribution in [3.63, 3.8) is 0 Å². The number of unbranched alkanes of at least 4 members (excludes halogenated alkanes) is 2. The van der Waals surface area contributed by atoms with E-state index in [-0.39, 0.29) is 0 Å². The van der Waals surface area contributed by atoms with Gasteiger partial charge in [0.2, 0.25) is 0 Å². The Morgan fingerprint density at radius 3 is 3.00 bits per heavy atom. The van der Waals surface area contributed by atoms with Gasteiger partial charge in [0, 0.05) is 5.39 Å². The second-order valence-electron chi connectivity index (χ2n) is 3.96. The number of benzene rings is 1. The normalized spacial score (nSPS) is 10.8. The van der Waals surface area contributed by atoms with Crippen molar-refractivity contribution in [2.45, 2.75) is 32.6 Å². The minimum Gasteiger partial charge on any atom is -0.438 e. The fourth-order valence-corrected chi connectivity index (χ4v) is 1.92. The zero-order valence-corrected chi connectivity index (χ0v) is 10.2. The smallest absolute Gasteiger partial charge is 0.288 e. The summed E-state index contributed by atoms with van der Waals surface area (Å²) in [6, 6.07) is 6.28.